The minimum atomic E-state index is 0.0644. The number of nitrogens with one attached hydrogen (secondary N) is 1. The number of carbonyl (C=O) groups excluding carboxylic acids is 1. The molecule has 1 saturated heterocycles. The Morgan fingerprint density at radius 3 is 2.45 bits per heavy atom. The first-order valence-corrected chi connectivity index (χ1v) is 7.94. The van der Waals surface area contributed by atoms with Crippen molar-refractivity contribution in [1.82, 2.24) is 10.2 Å². The molecule has 1 aliphatic carbocycles. The number of likely N-dealkylation sites (tertiary alicyclic amines) is 1. The number of ether oxygens (including phenoxy) is 2. The number of amides is 2. The van der Waals surface area contributed by atoms with Gasteiger partial charge in [-0.2, -0.15) is 0 Å². The summed E-state index contributed by atoms with van der Waals surface area (Å²) in [6.45, 7) is 2.46. The van der Waals surface area contributed by atoms with Gasteiger partial charge in [-0.25, -0.2) is 4.79 Å². The van der Waals surface area contributed by atoms with Gasteiger partial charge < -0.3 is 19.7 Å². The standard InChI is InChI=1S/C17H24N2O3/c1-21-14-6-5-13(11-15(14)22-2)17(7-8-17)12-18-16(20)19-9-3-4-10-19/h5-6,11H,3-4,7-10,12H2,1-2H3,(H,18,20). The second kappa shape index (κ2) is 6.07. The molecular weight excluding hydrogens is 280 g/mol. The fourth-order valence-corrected chi connectivity index (χ4v) is 3.16. The van der Waals surface area contributed by atoms with E-state index in [2.05, 4.69) is 11.4 Å². The van der Waals surface area contributed by atoms with Gasteiger partial charge >= 0.3 is 6.03 Å². The van der Waals surface area contributed by atoms with Crippen molar-refractivity contribution in [2.75, 3.05) is 33.9 Å². The number of methoxy groups -OCH3 is 2. The van der Waals surface area contributed by atoms with E-state index in [1.807, 2.05) is 17.0 Å². The van der Waals surface area contributed by atoms with Crippen molar-refractivity contribution in [3.63, 3.8) is 0 Å². The highest BCUT2D eigenvalue weighted by molar-refractivity contribution is 5.74. The highest BCUT2D eigenvalue weighted by Crippen LogP contribution is 2.49. The molecule has 1 saturated carbocycles. The van der Waals surface area contributed by atoms with Gasteiger partial charge in [-0.15, -0.1) is 0 Å². The van der Waals surface area contributed by atoms with Gasteiger partial charge in [0.25, 0.3) is 0 Å². The number of rotatable bonds is 5. The first-order chi connectivity index (χ1) is 10.7. The molecule has 120 valence electrons. The van der Waals surface area contributed by atoms with Crippen LogP contribution in [0.4, 0.5) is 4.79 Å². The van der Waals surface area contributed by atoms with E-state index < -0.39 is 0 Å². The van der Waals surface area contributed by atoms with Gasteiger partial charge in [-0.05, 0) is 43.4 Å². The van der Waals surface area contributed by atoms with Crippen LogP contribution in [-0.4, -0.2) is 44.8 Å². The summed E-state index contributed by atoms with van der Waals surface area (Å²) in [6, 6.07) is 6.13. The Kier molecular flexibility index (Phi) is 4.14. The lowest BCUT2D eigenvalue weighted by atomic mass is 9.95. The second-order valence-corrected chi connectivity index (χ2v) is 6.20. The first kappa shape index (κ1) is 15.0. The molecule has 2 amide bonds. The minimum absolute atomic E-state index is 0.0644. The third-order valence-corrected chi connectivity index (χ3v) is 4.82. The number of nitrogens with zero attached hydrogens (tertiary/aromatic N) is 1. The largest absolute Gasteiger partial charge is 0.493 e. The van der Waals surface area contributed by atoms with Gasteiger partial charge in [0.15, 0.2) is 11.5 Å². The van der Waals surface area contributed by atoms with Crippen molar-refractivity contribution in [3.05, 3.63) is 23.8 Å². The maximum atomic E-state index is 12.1. The van der Waals surface area contributed by atoms with Gasteiger partial charge in [-0.3, -0.25) is 0 Å². The third-order valence-electron chi connectivity index (χ3n) is 4.82. The summed E-state index contributed by atoms with van der Waals surface area (Å²) < 4.78 is 10.7. The maximum absolute atomic E-state index is 12.1. The molecule has 1 N–H and O–H groups in total. The molecule has 0 unspecified atom stereocenters. The molecule has 0 spiro atoms. The summed E-state index contributed by atoms with van der Waals surface area (Å²) in [4.78, 5) is 14.1. The molecule has 22 heavy (non-hydrogen) atoms. The second-order valence-electron chi connectivity index (χ2n) is 6.20. The summed E-state index contributed by atoms with van der Waals surface area (Å²) in [5, 5.41) is 3.11. The average molecular weight is 304 g/mol. The quantitative estimate of drug-likeness (QED) is 0.909. The van der Waals surface area contributed by atoms with E-state index in [4.69, 9.17) is 9.47 Å². The van der Waals surface area contributed by atoms with Crippen LogP contribution in [0.15, 0.2) is 18.2 Å². The van der Waals surface area contributed by atoms with Crippen molar-refractivity contribution in [3.8, 4) is 11.5 Å². The lowest BCUT2D eigenvalue weighted by Gasteiger charge is -2.21. The van der Waals surface area contributed by atoms with Crippen LogP contribution in [-0.2, 0) is 5.41 Å². The summed E-state index contributed by atoms with van der Waals surface area (Å²) in [7, 11) is 3.29. The topological polar surface area (TPSA) is 50.8 Å². The predicted octanol–water partition coefficient (Wildman–Crippen LogP) is 2.54. The SMILES string of the molecule is COc1ccc(C2(CNC(=O)N3CCCC3)CC2)cc1OC. The van der Waals surface area contributed by atoms with E-state index in [1.165, 1.54) is 5.56 Å². The van der Waals surface area contributed by atoms with E-state index in [0.717, 1.165) is 50.3 Å². The maximum Gasteiger partial charge on any atom is 0.317 e. The lowest BCUT2D eigenvalue weighted by Crippen LogP contribution is -2.41. The molecular formula is C17H24N2O3. The minimum Gasteiger partial charge on any atom is -0.493 e. The Hall–Kier alpha value is -1.91. The van der Waals surface area contributed by atoms with Gasteiger partial charge in [0.05, 0.1) is 14.2 Å². The van der Waals surface area contributed by atoms with Gasteiger partial charge in [0, 0.05) is 25.0 Å². The van der Waals surface area contributed by atoms with Gasteiger partial charge in [0.1, 0.15) is 0 Å². The molecule has 5 heteroatoms. The third kappa shape index (κ3) is 2.85. The van der Waals surface area contributed by atoms with Crippen molar-refractivity contribution < 1.29 is 14.3 Å². The fourth-order valence-electron chi connectivity index (χ4n) is 3.16. The predicted molar refractivity (Wildman–Crippen MR) is 84.7 cm³/mol. The lowest BCUT2D eigenvalue weighted by molar-refractivity contribution is 0.207. The Morgan fingerprint density at radius 2 is 1.86 bits per heavy atom. The zero-order chi connectivity index (χ0) is 15.6. The van der Waals surface area contributed by atoms with Crippen molar-refractivity contribution in [1.29, 1.82) is 0 Å². The van der Waals surface area contributed by atoms with Gasteiger partial charge in [0.2, 0.25) is 0 Å². The highest BCUT2D eigenvalue weighted by Gasteiger charge is 2.45. The van der Waals surface area contributed by atoms with E-state index in [-0.39, 0.29) is 11.4 Å². The summed E-state index contributed by atoms with van der Waals surface area (Å²) in [5.41, 5.74) is 1.28. The smallest absolute Gasteiger partial charge is 0.317 e. The van der Waals surface area contributed by atoms with Crippen LogP contribution in [0.25, 0.3) is 0 Å². The molecule has 1 aromatic rings. The molecule has 3 rings (SSSR count). The zero-order valence-corrected chi connectivity index (χ0v) is 13.4. The van der Waals surface area contributed by atoms with Crippen LogP contribution in [0.3, 0.4) is 0 Å². The van der Waals surface area contributed by atoms with Gasteiger partial charge in [-0.1, -0.05) is 6.07 Å². The number of hydrogen-bond acceptors (Lipinski definition) is 3. The van der Waals surface area contributed by atoms with E-state index in [0.29, 0.717) is 6.54 Å². The molecule has 1 aromatic carbocycles. The highest BCUT2D eigenvalue weighted by atomic mass is 16.5. The number of hydrogen-bond donors (Lipinski definition) is 1. The van der Waals surface area contributed by atoms with Crippen molar-refractivity contribution in [2.45, 2.75) is 31.1 Å². The van der Waals surface area contributed by atoms with Crippen molar-refractivity contribution in [2.24, 2.45) is 0 Å². The zero-order valence-electron chi connectivity index (χ0n) is 13.4. The number of benzene rings is 1. The molecule has 0 radical (unpaired) electrons. The molecule has 0 atom stereocenters. The molecule has 2 aliphatic rings. The Balaban J connectivity index is 1.67. The molecule has 0 bridgehead atoms. The van der Waals surface area contributed by atoms with E-state index >= 15 is 0 Å². The number of urea groups is 1. The Labute approximate surface area is 131 Å². The number of carbonyl (C=O) groups is 1. The summed E-state index contributed by atoms with van der Waals surface area (Å²) in [5.74, 6) is 1.49. The van der Waals surface area contributed by atoms with Crippen LogP contribution in [0.1, 0.15) is 31.2 Å². The van der Waals surface area contributed by atoms with Crippen LogP contribution in [0.2, 0.25) is 0 Å². The van der Waals surface area contributed by atoms with Crippen LogP contribution >= 0.6 is 0 Å². The molecule has 1 aliphatic heterocycles. The summed E-state index contributed by atoms with van der Waals surface area (Å²) >= 11 is 0. The fraction of sp³-hybridized carbons (Fsp3) is 0.588. The van der Waals surface area contributed by atoms with E-state index in [1.54, 1.807) is 14.2 Å². The van der Waals surface area contributed by atoms with Crippen LogP contribution in [0, 0.1) is 0 Å². The van der Waals surface area contributed by atoms with Crippen LogP contribution in [0.5, 0.6) is 11.5 Å². The van der Waals surface area contributed by atoms with E-state index in [9.17, 15) is 4.79 Å². The van der Waals surface area contributed by atoms with Crippen molar-refractivity contribution >= 4 is 6.03 Å². The molecule has 1 heterocycles. The first-order valence-electron chi connectivity index (χ1n) is 7.94. The Morgan fingerprint density at radius 1 is 1.18 bits per heavy atom. The Bertz CT molecular complexity index is 549. The molecule has 5 nitrogen and oxygen atoms in total. The normalized spacial score (nSPS) is 18.9. The summed E-state index contributed by atoms with van der Waals surface area (Å²) in [6.07, 6.45) is 4.44. The monoisotopic (exact) mass is 304 g/mol. The average Bonchev–Trinajstić information content (AvgIpc) is 3.15. The molecule has 0 aromatic heterocycles. The van der Waals surface area contributed by atoms with Crippen LogP contribution < -0.4 is 14.8 Å². The molecule has 2 fully saturated rings.